The van der Waals surface area contributed by atoms with Gasteiger partial charge in [-0.05, 0) is 30.7 Å². The molecule has 0 radical (unpaired) electrons. The van der Waals surface area contributed by atoms with Gasteiger partial charge in [0.25, 0.3) is 0 Å². The van der Waals surface area contributed by atoms with Gasteiger partial charge in [0.05, 0.1) is 12.8 Å². The van der Waals surface area contributed by atoms with Crippen LogP contribution in [0.15, 0.2) is 51.9 Å². The quantitative estimate of drug-likeness (QED) is 0.736. The molecule has 0 N–H and O–H groups in total. The predicted octanol–water partition coefficient (Wildman–Crippen LogP) is 2.59. The maximum Gasteiger partial charge on any atom is 0.249 e. The molecule has 116 valence electrons. The van der Waals surface area contributed by atoms with Crippen LogP contribution < -0.4 is 0 Å². The first kappa shape index (κ1) is 13.7. The average molecular weight is 310 g/mol. The third-order valence-electron chi connectivity index (χ3n) is 3.88. The van der Waals surface area contributed by atoms with E-state index < -0.39 is 0 Å². The Morgan fingerprint density at radius 2 is 2.26 bits per heavy atom. The summed E-state index contributed by atoms with van der Waals surface area (Å²) < 4.78 is 10.7. The lowest BCUT2D eigenvalue weighted by Gasteiger charge is -2.20. The number of hydrogen-bond donors (Lipinski definition) is 0. The molecule has 1 atom stereocenters. The van der Waals surface area contributed by atoms with E-state index >= 15 is 0 Å². The van der Waals surface area contributed by atoms with Crippen LogP contribution in [0.25, 0.3) is 11.4 Å². The van der Waals surface area contributed by atoms with Crippen molar-refractivity contribution in [3.63, 3.8) is 0 Å². The summed E-state index contributed by atoms with van der Waals surface area (Å²) in [5.74, 6) is 1.72. The van der Waals surface area contributed by atoms with E-state index in [0.717, 1.165) is 11.3 Å². The Labute approximate surface area is 131 Å². The summed E-state index contributed by atoms with van der Waals surface area (Å²) in [5.41, 5.74) is 0.782. The lowest BCUT2D eigenvalue weighted by Crippen LogP contribution is -2.27. The van der Waals surface area contributed by atoms with Gasteiger partial charge in [-0.15, -0.1) is 0 Å². The first-order chi connectivity index (χ1) is 11.3. The summed E-state index contributed by atoms with van der Waals surface area (Å²) in [4.78, 5) is 22.3. The molecule has 0 saturated carbocycles. The van der Waals surface area contributed by atoms with Crippen LogP contribution in [0.4, 0.5) is 0 Å². The molecular weight excluding hydrogens is 296 g/mol. The van der Waals surface area contributed by atoms with Crippen molar-refractivity contribution in [1.82, 2.24) is 20.0 Å². The molecule has 0 bridgehead atoms. The zero-order chi connectivity index (χ0) is 15.6. The number of nitrogens with zero attached hydrogens (tertiary/aromatic N) is 4. The molecule has 1 aliphatic heterocycles. The van der Waals surface area contributed by atoms with Crippen molar-refractivity contribution in [2.24, 2.45) is 0 Å². The summed E-state index contributed by atoms with van der Waals surface area (Å²) in [7, 11) is 0. The Balaban J connectivity index is 1.59. The van der Waals surface area contributed by atoms with Crippen LogP contribution >= 0.6 is 0 Å². The smallest absolute Gasteiger partial charge is 0.249 e. The molecule has 1 saturated heterocycles. The fourth-order valence-electron chi connectivity index (χ4n) is 2.74. The Morgan fingerprint density at radius 1 is 1.30 bits per heavy atom. The second-order valence-corrected chi connectivity index (χ2v) is 5.35. The second-order valence-electron chi connectivity index (χ2n) is 5.35. The van der Waals surface area contributed by atoms with Gasteiger partial charge in [-0.1, -0.05) is 5.16 Å². The van der Waals surface area contributed by atoms with Gasteiger partial charge < -0.3 is 13.8 Å². The van der Waals surface area contributed by atoms with Gasteiger partial charge in [-0.2, -0.15) is 4.98 Å². The molecule has 4 heterocycles. The van der Waals surface area contributed by atoms with Crippen molar-refractivity contribution in [3.05, 3.63) is 54.6 Å². The van der Waals surface area contributed by atoms with E-state index in [1.165, 1.54) is 0 Å². The topological polar surface area (TPSA) is 85.3 Å². The number of aromatic nitrogens is 3. The average Bonchev–Trinajstić information content (AvgIpc) is 3.31. The van der Waals surface area contributed by atoms with Gasteiger partial charge in [0.2, 0.25) is 17.6 Å². The highest BCUT2D eigenvalue weighted by molar-refractivity contribution is 5.78. The monoisotopic (exact) mass is 310 g/mol. The summed E-state index contributed by atoms with van der Waals surface area (Å²) in [6, 6.07) is 7.11. The van der Waals surface area contributed by atoms with Crippen LogP contribution in [-0.2, 0) is 11.3 Å². The molecule has 7 heteroatoms. The third-order valence-corrected chi connectivity index (χ3v) is 3.88. The molecule has 4 rings (SSSR count). The minimum Gasteiger partial charge on any atom is -0.467 e. The van der Waals surface area contributed by atoms with Crippen molar-refractivity contribution in [1.29, 1.82) is 0 Å². The van der Waals surface area contributed by atoms with Crippen LogP contribution in [0.1, 0.15) is 30.5 Å². The molecule has 0 spiro atoms. The van der Waals surface area contributed by atoms with Gasteiger partial charge in [0.1, 0.15) is 11.8 Å². The maximum absolute atomic E-state index is 12.1. The minimum absolute atomic E-state index is 0.0625. The Hall–Kier alpha value is -2.96. The number of rotatable bonds is 4. The van der Waals surface area contributed by atoms with E-state index in [1.807, 2.05) is 18.2 Å². The van der Waals surface area contributed by atoms with Crippen molar-refractivity contribution in [2.75, 3.05) is 0 Å². The van der Waals surface area contributed by atoms with Crippen molar-refractivity contribution < 1.29 is 13.7 Å². The summed E-state index contributed by atoms with van der Waals surface area (Å²) in [5, 5.41) is 4.00. The lowest BCUT2D eigenvalue weighted by atomic mass is 10.2. The molecule has 23 heavy (non-hydrogen) atoms. The van der Waals surface area contributed by atoms with E-state index in [0.29, 0.717) is 31.1 Å². The molecule has 0 aliphatic carbocycles. The minimum atomic E-state index is -0.217. The highest BCUT2D eigenvalue weighted by Gasteiger charge is 2.36. The Bertz CT molecular complexity index is 798. The first-order valence-corrected chi connectivity index (χ1v) is 7.37. The van der Waals surface area contributed by atoms with Gasteiger partial charge in [0, 0.05) is 24.4 Å². The number of likely N-dealkylation sites (tertiary alicyclic amines) is 1. The van der Waals surface area contributed by atoms with E-state index in [4.69, 9.17) is 8.94 Å². The van der Waals surface area contributed by atoms with Crippen molar-refractivity contribution in [3.8, 4) is 11.4 Å². The fraction of sp³-hybridized carbons (Fsp3) is 0.250. The molecule has 1 fully saturated rings. The van der Waals surface area contributed by atoms with Gasteiger partial charge >= 0.3 is 0 Å². The number of pyridine rings is 1. The van der Waals surface area contributed by atoms with E-state index in [9.17, 15) is 4.79 Å². The largest absolute Gasteiger partial charge is 0.467 e. The standard InChI is InChI=1S/C16H14N4O3/c21-14-6-5-13(20(14)10-12-4-2-8-22-12)16-18-15(19-23-16)11-3-1-7-17-9-11/h1-4,7-9,13H,5-6,10H2/t13-/m1/s1. The summed E-state index contributed by atoms with van der Waals surface area (Å²) >= 11 is 0. The Kier molecular flexibility index (Phi) is 3.38. The Morgan fingerprint density at radius 3 is 3.04 bits per heavy atom. The van der Waals surface area contributed by atoms with Crippen LogP contribution in [0.2, 0.25) is 0 Å². The molecule has 0 aromatic carbocycles. The normalized spacial score (nSPS) is 17.8. The number of hydrogen-bond acceptors (Lipinski definition) is 6. The van der Waals surface area contributed by atoms with E-state index in [2.05, 4.69) is 15.1 Å². The number of carbonyl (C=O) groups excluding carboxylic acids is 1. The summed E-state index contributed by atoms with van der Waals surface area (Å²) in [6.45, 7) is 0.404. The maximum atomic E-state index is 12.1. The SMILES string of the molecule is O=C1CC[C@H](c2nc(-c3cccnc3)no2)N1Cc1ccco1. The molecule has 1 amide bonds. The molecule has 7 nitrogen and oxygen atoms in total. The fourth-order valence-corrected chi connectivity index (χ4v) is 2.74. The zero-order valence-corrected chi connectivity index (χ0v) is 12.3. The second kappa shape index (κ2) is 5.68. The number of furan rings is 1. The van der Waals surface area contributed by atoms with Crippen molar-refractivity contribution >= 4 is 5.91 Å². The lowest BCUT2D eigenvalue weighted by molar-refractivity contribution is -0.130. The van der Waals surface area contributed by atoms with Gasteiger partial charge in [-0.3, -0.25) is 9.78 Å². The van der Waals surface area contributed by atoms with E-state index in [1.54, 1.807) is 29.6 Å². The van der Waals surface area contributed by atoms with Crippen LogP contribution in [0, 0.1) is 0 Å². The van der Waals surface area contributed by atoms with Gasteiger partial charge in [-0.25, -0.2) is 0 Å². The molecular formula is C16H14N4O3. The molecule has 1 aliphatic rings. The molecule has 3 aromatic rings. The highest BCUT2D eigenvalue weighted by atomic mass is 16.5. The number of carbonyl (C=O) groups is 1. The summed E-state index contributed by atoms with van der Waals surface area (Å²) in [6.07, 6.45) is 6.09. The first-order valence-electron chi connectivity index (χ1n) is 7.37. The predicted molar refractivity (Wildman–Crippen MR) is 78.8 cm³/mol. The van der Waals surface area contributed by atoms with Gasteiger partial charge in [0.15, 0.2) is 0 Å². The van der Waals surface area contributed by atoms with Crippen molar-refractivity contribution in [2.45, 2.75) is 25.4 Å². The molecule has 0 unspecified atom stereocenters. The molecule has 3 aromatic heterocycles. The highest BCUT2D eigenvalue weighted by Crippen LogP contribution is 2.34. The van der Waals surface area contributed by atoms with E-state index in [-0.39, 0.29) is 11.9 Å². The zero-order valence-electron chi connectivity index (χ0n) is 12.3. The van der Waals surface area contributed by atoms with Crippen LogP contribution in [0.3, 0.4) is 0 Å². The van der Waals surface area contributed by atoms with Crippen LogP contribution in [-0.4, -0.2) is 25.9 Å². The third kappa shape index (κ3) is 2.61. The number of amides is 1. The van der Waals surface area contributed by atoms with Crippen LogP contribution in [0.5, 0.6) is 0 Å².